The highest BCUT2D eigenvalue weighted by molar-refractivity contribution is 5.94. The maximum atomic E-state index is 12.5. The lowest BCUT2D eigenvalue weighted by molar-refractivity contribution is -0.142. The van der Waals surface area contributed by atoms with Crippen molar-refractivity contribution in [3.05, 3.63) is 0 Å². The number of carboxylic acid groups (broad SMARTS) is 1. The Hall–Kier alpha value is -2.24. The van der Waals surface area contributed by atoms with E-state index in [4.69, 9.17) is 16.6 Å². The fourth-order valence-electron chi connectivity index (χ4n) is 2.09. The van der Waals surface area contributed by atoms with E-state index in [0.29, 0.717) is 19.4 Å². The Morgan fingerprint density at radius 1 is 0.926 bits per heavy atom. The number of carboxylic acids is 1. The zero-order valence-electron chi connectivity index (χ0n) is 15.9. The summed E-state index contributed by atoms with van der Waals surface area (Å²) in [6.45, 7) is 4.41. The number of nitrogens with one attached hydrogen (secondary N) is 3. The third-order valence-electron chi connectivity index (χ3n) is 3.79. The van der Waals surface area contributed by atoms with E-state index in [2.05, 4.69) is 16.0 Å². The molecule has 11 nitrogen and oxygen atoms in total. The van der Waals surface area contributed by atoms with Crippen LogP contribution in [0, 0.1) is 0 Å². The number of aliphatic carboxylic acids is 1. The van der Waals surface area contributed by atoms with E-state index < -0.39 is 54.0 Å². The van der Waals surface area contributed by atoms with Crippen LogP contribution in [-0.2, 0) is 19.2 Å². The topological polar surface area (TPSA) is 197 Å². The number of rotatable bonds is 12. The van der Waals surface area contributed by atoms with Gasteiger partial charge >= 0.3 is 5.97 Å². The zero-order chi connectivity index (χ0) is 21.1. The molecular weight excluding hydrogens is 358 g/mol. The molecule has 156 valence electrons. The Bertz CT molecular complexity index is 525. The molecular formula is C16H31N5O6. The molecule has 0 rings (SSSR count). The number of carbonyl (C=O) groups excluding carboxylic acids is 3. The van der Waals surface area contributed by atoms with Crippen LogP contribution in [0.25, 0.3) is 0 Å². The normalized spacial score (nSPS) is 16.4. The number of nitrogens with two attached hydrogens (primary N) is 2. The Kier molecular flexibility index (Phi) is 11.2. The molecule has 0 bridgehead atoms. The summed E-state index contributed by atoms with van der Waals surface area (Å²) in [6, 6.07) is -4.39. The summed E-state index contributed by atoms with van der Waals surface area (Å²) in [7, 11) is 0. The SMILES string of the molecule is CC(N)C(=O)NC(CCCCN)C(=O)NC(C(=O)NC(C)C(=O)O)C(C)O. The fraction of sp³-hybridized carbons (Fsp3) is 0.750. The van der Waals surface area contributed by atoms with Crippen LogP contribution in [0.3, 0.4) is 0 Å². The highest BCUT2D eigenvalue weighted by Gasteiger charge is 2.31. The highest BCUT2D eigenvalue weighted by Crippen LogP contribution is 2.04. The molecule has 0 spiro atoms. The van der Waals surface area contributed by atoms with Gasteiger partial charge in [-0.2, -0.15) is 0 Å². The van der Waals surface area contributed by atoms with Gasteiger partial charge in [-0.15, -0.1) is 0 Å². The maximum Gasteiger partial charge on any atom is 0.325 e. The second kappa shape index (κ2) is 12.2. The van der Waals surface area contributed by atoms with Crippen LogP contribution in [-0.4, -0.2) is 70.7 Å². The second-order valence-electron chi connectivity index (χ2n) is 6.43. The van der Waals surface area contributed by atoms with Crippen molar-refractivity contribution in [3.8, 4) is 0 Å². The van der Waals surface area contributed by atoms with E-state index in [1.807, 2.05) is 0 Å². The molecule has 0 aromatic heterocycles. The van der Waals surface area contributed by atoms with E-state index in [1.165, 1.54) is 20.8 Å². The molecule has 0 radical (unpaired) electrons. The number of unbranched alkanes of at least 4 members (excludes halogenated alkanes) is 1. The molecule has 5 atom stereocenters. The maximum absolute atomic E-state index is 12.5. The first kappa shape index (κ1) is 24.8. The molecule has 5 unspecified atom stereocenters. The average molecular weight is 389 g/mol. The van der Waals surface area contributed by atoms with Crippen LogP contribution in [0.15, 0.2) is 0 Å². The van der Waals surface area contributed by atoms with Crippen molar-refractivity contribution in [2.24, 2.45) is 11.5 Å². The number of hydrogen-bond acceptors (Lipinski definition) is 7. The van der Waals surface area contributed by atoms with Crippen molar-refractivity contribution < 1.29 is 29.4 Å². The minimum absolute atomic E-state index is 0.265. The largest absolute Gasteiger partial charge is 0.480 e. The van der Waals surface area contributed by atoms with Crippen LogP contribution in [0.4, 0.5) is 0 Å². The van der Waals surface area contributed by atoms with Crippen molar-refractivity contribution in [1.82, 2.24) is 16.0 Å². The molecule has 0 saturated carbocycles. The number of aliphatic hydroxyl groups excluding tert-OH is 1. The van der Waals surface area contributed by atoms with Gasteiger partial charge in [-0.3, -0.25) is 19.2 Å². The lowest BCUT2D eigenvalue weighted by Crippen LogP contribution is -2.59. The predicted molar refractivity (Wildman–Crippen MR) is 97.3 cm³/mol. The first-order valence-corrected chi connectivity index (χ1v) is 8.78. The number of hydrogen-bond donors (Lipinski definition) is 7. The van der Waals surface area contributed by atoms with Crippen molar-refractivity contribution in [2.75, 3.05) is 6.54 Å². The summed E-state index contributed by atoms with van der Waals surface area (Å²) in [6.07, 6.45) is 0.161. The molecule has 9 N–H and O–H groups in total. The molecule has 11 heteroatoms. The summed E-state index contributed by atoms with van der Waals surface area (Å²) in [5.74, 6) is -3.35. The van der Waals surface area contributed by atoms with Crippen LogP contribution in [0.1, 0.15) is 40.0 Å². The summed E-state index contributed by atoms with van der Waals surface area (Å²) in [5.41, 5.74) is 10.9. The third kappa shape index (κ3) is 9.31. The summed E-state index contributed by atoms with van der Waals surface area (Å²) < 4.78 is 0. The molecule has 0 aromatic carbocycles. The second-order valence-corrected chi connectivity index (χ2v) is 6.43. The lowest BCUT2D eigenvalue weighted by Gasteiger charge is -2.25. The minimum atomic E-state index is -1.39. The number of carbonyl (C=O) groups is 4. The van der Waals surface area contributed by atoms with Crippen LogP contribution >= 0.6 is 0 Å². The van der Waals surface area contributed by atoms with Crippen LogP contribution in [0.2, 0.25) is 0 Å². The van der Waals surface area contributed by atoms with Gasteiger partial charge in [0.15, 0.2) is 0 Å². The lowest BCUT2D eigenvalue weighted by atomic mass is 10.1. The van der Waals surface area contributed by atoms with Gasteiger partial charge in [0.1, 0.15) is 18.1 Å². The molecule has 3 amide bonds. The average Bonchev–Trinajstić information content (AvgIpc) is 2.57. The number of aliphatic hydroxyl groups is 1. The van der Waals surface area contributed by atoms with Crippen molar-refractivity contribution in [2.45, 2.75) is 70.3 Å². The monoisotopic (exact) mass is 389 g/mol. The van der Waals surface area contributed by atoms with Gasteiger partial charge in [-0.1, -0.05) is 0 Å². The van der Waals surface area contributed by atoms with Gasteiger partial charge in [-0.05, 0) is 46.6 Å². The van der Waals surface area contributed by atoms with Gasteiger partial charge in [0.25, 0.3) is 0 Å². The van der Waals surface area contributed by atoms with Crippen LogP contribution < -0.4 is 27.4 Å². The molecule has 0 aliphatic carbocycles. The smallest absolute Gasteiger partial charge is 0.325 e. The Labute approximate surface area is 158 Å². The van der Waals surface area contributed by atoms with Crippen molar-refractivity contribution in [3.63, 3.8) is 0 Å². The fourth-order valence-corrected chi connectivity index (χ4v) is 2.09. The Morgan fingerprint density at radius 2 is 1.52 bits per heavy atom. The van der Waals surface area contributed by atoms with Gasteiger partial charge in [0.2, 0.25) is 17.7 Å². The van der Waals surface area contributed by atoms with E-state index in [1.54, 1.807) is 0 Å². The van der Waals surface area contributed by atoms with E-state index >= 15 is 0 Å². The van der Waals surface area contributed by atoms with Crippen molar-refractivity contribution >= 4 is 23.7 Å². The van der Waals surface area contributed by atoms with E-state index in [-0.39, 0.29) is 6.42 Å². The molecule has 0 heterocycles. The molecule has 0 aliphatic heterocycles. The molecule has 0 aromatic rings. The number of amides is 3. The third-order valence-corrected chi connectivity index (χ3v) is 3.79. The Morgan fingerprint density at radius 3 is 1.96 bits per heavy atom. The summed E-state index contributed by atoms with van der Waals surface area (Å²) >= 11 is 0. The molecule has 0 fully saturated rings. The van der Waals surface area contributed by atoms with E-state index in [0.717, 1.165) is 0 Å². The standard InChI is InChI=1S/C16H31N5O6/c1-8(18)13(23)20-11(6-4-5-7-17)14(24)21-12(10(3)22)15(25)19-9(2)16(26)27/h8-12,22H,4-7,17-18H2,1-3H3,(H,19,25)(H,20,23)(H,21,24)(H,26,27). The first-order chi connectivity index (χ1) is 12.5. The quantitative estimate of drug-likeness (QED) is 0.176. The van der Waals surface area contributed by atoms with Crippen LogP contribution in [0.5, 0.6) is 0 Å². The molecule has 0 aliphatic rings. The Balaban J connectivity index is 5.15. The predicted octanol–water partition coefficient (Wildman–Crippen LogP) is -2.60. The first-order valence-electron chi connectivity index (χ1n) is 8.78. The van der Waals surface area contributed by atoms with Gasteiger partial charge in [-0.25, -0.2) is 0 Å². The van der Waals surface area contributed by atoms with Crippen molar-refractivity contribution in [1.29, 1.82) is 0 Å². The highest BCUT2D eigenvalue weighted by atomic mass is 16.4. The van der Waals surface area contributed by atoms with Gasteiger partial charge in [0.05, 0.1) is 12.1 Å². The van der Waals surface area contributed by atoms with E-state index in [9.17, 15) is 24.3 Å². The molecule has 27 heavy (non-hydrogen) atoms. The zero-order valence-corrected chi connectivity index (χ0v) is 15.9. The summed E-state index contributed by atoms with van der Waals surface area (Å²) in [4.78, 5) is 47.4. The molecule has 0 saturated heterocycles. The van der Waals surface area contributed by atoms with Gasteiger partial charge in [0, 0.05) is 0 Å². The summed E-state index contributed by atoms with van der Waals surface area (Å²) in [5, 5.41) is 25.7. The van der Waals surface area contributed by atoms with Gasteiger partial charge < -0.3 is 37.6 Å². The minimum Gasteiger partial charge on any atom is -0.480 e.